The molecule has 1 saturated carbocycles. The molecule has 2 atom stereocenters. The maximum Gasteiger partial charge on any atom is 0.326 e. The zero-order valence-electron chi connectivity index (χ0n) is 20.6. The number of nitrogens with zero attached hydrogens (tertiary/aromatic N) is 5. The van der Waals surface area contributed by atoms with Crippen molar-refractivity contribution in [3.05, 3.63) is 55.8 Å². The van der Waals surface area contributed by atoms with Crippen LogP contribution in [0, 0.1) is 0 Å². The number of hydrogen-bond donors (Lipinski definition) is 4. The first-order valence-corrected chi connectivity index (χ1v) is 13.7. The number of aromatic nitrogens is 5. The van der Waals surface area contributed by atoms with Crippen LogP contribution in [0.15, 0.2) is 33.0 Å². The van der Waals surface area contributed by atoms with Crippen LogP contribution in [0.5, 0.6) is 5.88 Å². The second-order valence-electron chi connectivity index (χ2n) is 9.77. The van der Waals surface area contributed by atoms with Gasteiger partial charge in [0.2, 0.25) is 5.88 Å². The van der Waals surface area contributed by atoms with E-state index in [1.54, 1.807) is 16.8 Å². The molecule has 37 heavy (non-hydrogen) atoms. The van der Waals surface area contributed by atoms with E-state index in [2.05, 4.69) is 32.2 Å². The summed E-state index contributed by atoms with van der Waals surface area (Å²) in [5, 5.41) is 18.2. The number of H-pyrrole nitrogens is 2. The fraction of sp³-hybridized carbons (Fsp3) is 0.480. The highest BCUT2D eigenvalue weighted by molar-refractivity contribution is 8.04. The number of rotatable bonds is 7. The molecule has 3 aromatic heterocycles. The molecule has 0 aromatic carbocycles. The standard InChI is InChI=1S/C25H30N8O3S/c1-2-32-9-3-4-16(32)13-26-24(35)20-8-7-19(37-20)17-11-21(28-15-5-6-15)33-22(29-17)14(12-27-33)10-18-23(34)31-25(36)30-18/h8,10-12,15-16,19,34H,2-7,9,13H2,1H3,(H,26,35)(H2,30,31,36). The molecule has 1 amide bonds. The van der Waals surface area contributed by atoms with Crippen molar-refractivity contribution in [1.29, 1.82) is 0 Å². The van der Waals surface area contributed by atoms with Crippen LogP contribution in [0.1, 0.15) is 55.7 Å². The number of aromatic hydroxyl groups is 1. The SMILES string of the molecule is CCN1CCCC1CNC(=O)C1=CCC(c2cc(=NC3CC3)n3ncc(=Cc4[nH]c(=O)[nH]c4O)c3n2)S1. The Morgan fingerprint density at radius 3 is 2.97 bits per heavy atom. The summed E-state index contributed by atoms with van der Waals surface area (Å²) in [4.78, 5) is 42.3. The van der Waals surface area contributed by atoms with Gasteiger partial charge in [-0.1, -0.05) is 13.0 Å². The molecule has 0 radical (unpaired) electrons. The monoisotopic (exact) mass is 522 g/mol. The molecule has 3 aromatic rings. The third kappa shape index (κ3) is 4.95. The highest BCUT2D eigenvalue weighted by atomic mass is 32.2. The Balaban J connectivity index is 1.26. The van der Waals surface area contributed by atoms with Crippen LogP contribution in [0.3, 0.4) is 0 Å². The molecule has 1 saturated heterocycles. The van der Waals surface area contributed by atoms with Crippen LogP contribution in [0.2, 0.25) is 0 Å². The summed E-state index contributed by atoms with van der Waals surface area (Å²) in [7, 11) is 0. The van der Waals surface area contributed by atoms with Gasteiger partial charge in [-0.3, -0.25) is 19.7 Å². The minimum Gasteiger partial charge on any atom is -0.493 e. The largest absolute Gasteiger partial charge is 0.493 e. The topological polar surface area (TPSA) is 144 Å². The zero-order valence-corrected chi connectivity index (χ0v) is 21.4. The van der Waals surface area contributed by atoms with E-state index in [0.29, 0.717) is 35.4 Å². The number of likely N-dealkylation sites (N-methyl/N-ethyl adjacent to an activating group) is 1. The number of nitrogens with one attached hydrogen (secondary N) is 3. The number of fused-ring (bicyclic) bond motifs is 1. The fourth-order valence-electron chi connectivity index (χ4n) is 5.01. The van der Waals surface area contributed by atoms with Crippen LogP contribution in [-0.2, 0) is 4.79 Å². The first-order chi connectivity index (χ1) is 18.0. The molecule has 2 unspecified atom stereocenters. The molecule has 2 fully saturated rings. The molecular weight excluding hydrogens is 492 g/mol. The predicted octanol–water partition coefficient (Wildman–Crippen LogP) is 0.725. The van der Waals surface area contributed by atoms with Crippen molar-refractivity contribution in [2.75, 3.05) is 19.6 Å². The normalized spacial score (nSPS) is 23.3. The lowest BCUT2D eigenvalue weighted by molar-refractivity contribution is -0.117. The van der Waals surface area contributed by atoms with E-state index >= 15 is 0 Å². The predicted molar refractivity (Wildman–Crippen MR) is 140 cm³/mol. The van der Waals surface area contributed by atoms with Crippen molar-refractivity contribution < 1.29 is 9.90 Å². The van der Waals surface area contributed by atoms with E-state index in [-0.39, 0.29) is 28.8 Å². The summed E-state index contributed by atoms with van der Waals surface area (Å²) in [5.41, 5.74) is 1.89. The Morgan fingerprint density at radius 1 is 1.35 bits per heavy atom. The van der Waals surface area contributed by atoms with Gasteiger partial charge in [0.25, 0.3) is 5.91 Å². The summed E-state index contributed by atoms with van der Waals surface area (Å²) in [6, 6.07) is 2.66. The van der Waals surface area contributed by atoms with Gasteiger partial charge < -0.3 is 15.4 Å². The quantitative estimate of drug-likeness (QED) is 0.358. The number of amides is 1. The molecule has 11 nitrogen and oxygen atoms in total. The third-order valence-corrected chi connectivity index (χ3v) is 8.47. The van der Waals surface area contributed by atoms with Gasteiger partial charge in [0.1, 0.15) is 5.69 Å². The Kier molecular flexibility index (Phi) is 6.37. The molecule has 3 aliphatic rings. The number of thioether (sulfide) groups is 1. The number of likely N-dealkylation sites (tertiary alicyclic amines) is 1. The first-order valence-electron chi connectivity index (χ1n) is 12.8. The average Bonchev–Trinajstić information content (AvgIpc) is 3.28. The van der Waals surface area contributed by atoms with Crippen molar-refractivity contribution in [2.24, 2.45) is 4.99 Å². The van der Waals surface area contributed by atoms with E-state index in [4.69, 9.17) is 9.98 Å². The van der Waals surface area contributed by atoms with Crippen LogP contribution in [0.25, 0.3) is 11.7 Å². The Labute approximate surface area is 216 Å². The van der Waals surface area contributed by atoms with Gasteiger partial charge in [0, 0.05) is 23.9 Å². The number of allylic oxidation sites excluding steroid dienone is 1. The molecule has 0 spiro atoms. The molecule has 1 aliphatic carbocycles. The van der Waals surface area contributed by atoms with E-state index in [9.17, 15) is 14.7 Å². The molecule has 5 heterocycles. The van der Waals surface area contributed by atoms with Crippen LogP contribution < -0.4 is 21.7 Å². The van der Waals surface area contributed by atoms with Crippen LogP contribution in [-0.4, -0.2) is 72.2 Å². The molecular formula is C25H30N8O3S. The summed E-state index contributed by atoms with van der Waals surface area (Å²) >= 11 is 1.53. The second kappa shape index (κ2) is 9.82. The van der Waals surface area contributed by atoms with Gasteiger partial charge in [-0.05, 0) is 51.3 Å². The molecule has 0 bridgehead atoms. The second-order valence-corrected chi connectivity index (χ2v) is 11.0. The Bertz CT molecular complexity index is 1550. The molecule has 12 heteroatoms. The van der Waals surface area contributed by atoms with Gasteiger partial charge >= 0.3 is 5.69 Å². The highest BCUT2D eigenvalue weighted by Crippen LogP contribution is 2.42. The molecule has 4 N–H and O–H groups in total. The lowest BCUT2D eigenvalue weighted by atomic mass is 10.2. The average molecular weight is 523 g/mol. The van der Waals surface area contributed by atoms with Crippen molar-refractivity contribution in [3.8, 4) is 5.88 Å². The van der Waals surface area contributed by atoms with E-state index in [1.165, 1.54) is 18.2 Å². The van der Waals surface area contributed by atoms with Crippen LogP contribution in [0.4, 0.5) is 0 Å². The van der Waals surface area contributed by atoms with Crippen molar-refractivity contribution in [2.45, 2.75) is 56.4 Å². The van der Waals surface area contributed by atoms with Gasteiger partial charge in [0.15, 0.2) is 11.1 Å². The van der Waals surface area contributed by atoms with E-state index in [0.717, 1.165) is 43.0 Å². The molecule has 2 aliphatic heterocycles. The van der Waals surface area contributed by atoms with Crippen LogP contribution >= 0.6 is 11.8 Å². The first kappa shape index (κ1) is 24.0. The minimum absolute atomic E-state index is 0.0132. The van der Waals surface area contributed by atoms with Crippen molar-refractivity contribution in [3.63, 3.8) is 0 Å². The Hall–Kier alpha value is -3.38. The van der Waals surface area contributed by atoms with Crippen molar-refractivity contribution in [1.82, 2.24) is 34.8 Å². The summed E-state index contributed by atoms with van der Waals surface area (Å²) in [5.74, 6) is -0.265. The number of hydrogen-bond acceptors (Lipinski definition) is 8. The molecule has 6 rings (SSSR count). The van der Waals surface area contributed by atoms with E-state index in [1.807, 2.05) is 12.1 Å². The van der Waals surface area contributed by atoms with Gasteiger partial charge in [-0.2, -0.15) is 9.61 Å². The third-order valence-electron chi connectivity index (χ3n) is 7.14. The summed E-state index contributed by atoms with van der Waals surface area (Å²) < 4.78 is 1.69. The van der Waals surface area contributed by atoms with Gasteiger partial charge in [-0.15, -0.1) is 11.8 Å². The highest BCUT2D eigenvalue weighted by Gasteiger charge is 2.28. The molecule has 194 valence electrons. The minimum atomic E-state index is -0.493. The summed E-state index contributed by atoms with van der Waals surface area (Å²) in [6.45, 7) is 4.95. The summed E-state index contributed by atoms with van der Waals surface area (Å²) in [6.07, 6.45) is 10.4. The number of imidazole rings is 1. The fourth-order valence-corrected chi connectivity index (χ4v) is 6.12. The maximum atomic E-state index is 12.9. The smallest absolute Gasteiger partial charge is 0.326 e. The van der Waals surface area contributed by atoms with E-state index < -0.39 is 5.69 Å². The van der Waals surface area contributed by atoms with Gasteiger partial charge in [0.05, 0.1) is 28.1 Å². The number of aromatic amines is 2. The zero-order chi connectivity index (χ0) is 25.5. The lowest BCUT2D eigenvalue weighted by Gasteiger charge is -2.23. The van der Waals surface area contributed by atoms with Crippen molar-refractivity contribution >= 4 is 29.4 Å². The maximum absolute atomic E-state index is 12.9. The van der Waals surface area contributed by atoms with Gasteiger partial charge in [-0.25, -0.2) is 9.78 Å². The lowest BCUT2D eigenvalue weighted by Crippen LogP contribution is -2.40. The number of carbonyl (C=O) groups is 1. The Morgan fingerprint density at radius 2 is 2.22 bits per heavy atom. The number of carbonyl (C=O) groups excluding carboxylic acids is 1.